The van der Waals surface area contributed by atoms with Crippen LogP contribution in [-0.2, 0) is 14.3 Å². The van der Waals surface area contributed by atoms with Crippen molar-refractivity contribution < 1.29 is 24.0 Å². The van der Waals surface area contributed by atoms with Gasteiger partial charge in [0, 0.05) is 12.6 Å². The first kappa shape index (κ1) is 14.9. The first-order valence-corrected chi connectivity index (χ1v) is 6.38. The third-order valence-corrected chi connectivity index (χ3v) is 2.97. The topological polar surface area (TPSA) is 99.0 Å². The summed E-state index contributed by atoms with van der Waals surface area (Å²) in [5.41, 5.74) is -0.153. The lowest BCUT2D eigenvalue weighted by Crippen LogP contribution is -2.41. The average Bonchev–Trinajstić information content (AvgIpc) is 2.47. The van der Waals surface area contributed by atoms with Crippen molar-refractivity contribution in [3.05, 3.63) is 33.9 Å². The van der Waals surface area contributed by atoms with E-state index >= 15 is 0 Å². The van der Waals surface area contributed by atoms with E-state index in [2.05, 4.69) is 0 Å². The summed E-state index contributed by atoms with van der Waals surface area (Å²) < 4.78 is 9.79. The van der Waals surface area contributed by atoms with E-state index in [-0.39, 0.29) is 30.4 Å². The Kier molecular flexibility index (Phi) is 4.49. The Bertz CT molecular complexity index is 586. The lowest BCUT2D eigenvalue weighted by Gasteiger charge is -2.26. The molecular formula is C13H14N2O6. The molecule has 0 unspecified atom stereocenters. The van der Waals surface area contributed by atoms with Crippen LogP contribution in [0.25, 0.3) is 0 Å². The van der Waals surface area contributed by atoms with Crippen molar-refractivity contribution in [2.24, 2.45) is 0 Å². The molecule has 112 valence electrons. The maximum absolute atomic E-state index is 11.7. The SMILES string of the molecule is CCOC(=O)c1ccc(N2CCOCC2=O)cc1[N+](=O)[O-]. The fourth-order valence-electron chi connectivity index (χ4n) is 2.01. The van der Waals surface area contributed by atoms with Gasteiger partial charge in [-0.15, -0.1) is 0 Å². The van der Waals surface area contributed by atoms with Crippen LogP contribution in [0.1, 0.15) is 17.3 Å². The number of carbonyl (C=O) groups is 2. The van der Waals surface area contributed by atoms with Gasteiger partial charge in [0.05, 0.1) is 23.8 Å². The normalized spacial score (nSPS) is 14.9. The number of ether oxygens (including phenoxy) is 2. The van der Waals surface area contributed by atoms with Crippen LogP contribution in [0.4, 0.5) is 11.4 Å². The van der Waals surface area contributed by atoms with Crippen molar-refractivity contribution in [2.45, 2.75) is 6.92 Å². The second kappa shape index (κ2) is 6.31. The minimum atomic E-state index is -0.760. The van der Waals surface area contributed by atoms with Gasteiger partial charge < -0.3 is 14.4 Å². The maximum atomic E-state index is 11.7. The first-order valence-electron chi connectivity index (χ1n) is 6.38. The highest BCUT2D eigenvalue weighted by Gasteiger charge is 2.26. The number of morpholine rings is 1. The van der Waals surface area contributed by atoms with Gasteiger partial charge in [-0.1, -0.05) is 0 Å². The predicted octanol–water partition coefficient (Wildman–Crippen LogP) is 1.13. The van der Waals surface area contributed by atoms with E-state index in [9.17, 15) is 19.7 Å². The summed E-state index contributed by atoms with van der Waals surface area (Å²) in [6.45, 7) is 2.35. The van der Waals surface area contributed by atoms with E-state index < -0.39 is 10.9 Å². The number of hydrogen-bond donors (Lipinski definition) is 0. The summed E-state index contributed by atoms with van der Waals surface area (Å²) in [5.74, 6) is -1.04. The number of nitro benzene ring substituents is 1. The molecule has 0 N–H and O–H groups in total. The molecule has 0 bridgehead atoms. The number of esters is 1. The van der Waals surface area contributed by atoms with Gasteiger partial charge >= 0.3 is 5.97 Å². The molecule has 0 aliphatic carbocycles. The van der Waals surface area contributed by atoms with Crippen molar-refractivity contribution in [3.8, 4) is 0 Å². The summed E-state index contributed by atoms with van der Waals surface area (Å²) in [7, 11) is 0. The Morgan fingerprint density at radius 2 is 2.29 bits per heavy atom. The Morgan fingerprint density at radius 1 is 1.52 bits per heavy atom. The van der Waals surface area contributed by atoms with Crippen molar-refractivity contribution >= 4 is 23.3 Å². The molecule has 1 amide bonds. The molecule has 0 radical (unpaired) electrons. The van der Waals surface area contributed by atoms with Crippen molar-refractivity contribution in [2.75, 3.05) is 31.3 Å². The van der Waals surface area contributed by atoms with Crippen LogP contribution in [0.5, 0.6) is 0 Å². The van der Waals surface area contributed by atoms with Gasteiger partial charge in [-0.3, -0.25) is 14.9 Å². The molecule has 0 atom stereocenters. The Hall–Kier alpha value is -2.48. The second-order valence-corrected chi connectivity index (χ2v) is 4.28. The number of benzene rings is 1. The van der Waals surface area contributed by atoms with Gasteiger partial charge in [-0.25, -0.2) is 4.79 Å². The number of amides is 1. The molecule has 0 saturated carbocycles. The van der Waals surface area contributed by atoms with Crippen molar-refractivity contribution in [1.82, 2.24) is 0 Å². The highest BCUT2D eigenvalue weighted by Crippen LogP contribution is 2.27. The van der Waals surface area contributed by atoms with Gasteiger partial charge in [-0.05, 0) is 19.1 Å². The lowest BCUT2D eigenvalue weighted by molar-refractivity contribution is -0.385. The number of carbonyl (C=O) groups excluding carboxylic acids is 2. The Labute approximate surface area is 120 Å². The smallest absolute Gasteiger partial charge is 0.345 e. The monoisotopic (exact) mass is 294 g/mol. The van der Waals surface area contributed by atoms with E-state index in [1.165, 1.54) is 23.1 Å². The zero-order valence-corrected chi connectivity index (χ0v) is 11.4. The van der Waals surface area contributed by atoms with Crippen LogP contribution in [0.3, 0.4) is 0 Å². The third-order valence-electron chi connectivity index (χ3n) is 2.97. The zero-order chi connectivity index (χ0) is 15.4. The van der Waals surface area contributed by atoms with Crippen LogP contribution in [0, 0.1) is 10.1 Å². The highest BCUT2D eigenvalue weighted by molar-refractivity contribution is 5.98. The fraction of sp³-hybridized carbons (Fsp3) is 0.385. The molecule has 1 heterocycles. The molecule has 1 aromatic rings. The molecule has 1 aliphatic heterocycles. The molecule has 0 aromatic heterocycles. The van der Waals surface area contributed by atoms with Crippen LogP contribution < -0.4 is 4.90 Å². The van der Waals surface area contributed by atoms with Crippen LogP contribution in [0.15, 0.2) is 18.2 Å². The minimum absolute atomic E-state index is 0.0621. The molecule has 1 aliphatic rings. The van der Waals surface area contributed by atoms with Crippen molar-refractivity contribution in [3.63, 3.8) is 0 Å². The largest absolute Gasteiger partial charge is 0.462 e. The Balaban J connectivity index is 2.38. The quantitative estimate of drug-likeness (QED) is 0.469. The molecular weight excluding hydrogens is 280 g/mol. The number of hydrogen-bond acceptors (Lipinski definition) is 6. The molecule has 1 saturated heterocycles. The van der Waals surface area contributed by atoms with E-state index in [1.807, 2.05) is 0 Å². The average molecular weight is 294 g/mol. The van der Waals surface area contributed by atoms with Crippen LogP contribution in [0.2, 0.25) is 0 Å². The van der Waals surface area contributed by atoms with Crippen LogP contribution in [-0.4, -0.2) is 43.2 Å². The predicted molar refractivity (Wildman–Crippen MR) is 72.2 cm³/mol. The van der Waals surface area contributed by atoms with Crippen molar-refractivity contribution in [1.29, 1.82) is 0 Å². The summed E-state index contributed by atoms with van der Waals surface area (Å²) in [4.78, 5) is 35.3. The molecule has 2 rings (SSSR count). The fourth-order valence-corrected chi connectivity index (χ4v) is 2.01. The summed E-state index contributed by atoms with van der Waals surface area (Å²) in [6, 6.07) is 3.99. The zero-order valence-electron chi connectivity index (χ0n) is 11.4. The second-order valence-electron chi connectivity index (χ2n) is 4.28. The highest BCUT2D eigenvalue weighted by atomic mass is 16.6. The van der Waals surface area contributed by atoms with Crippen LogP contribution >= 0.6 is 0 Å². The van der Waals surface area contributed by atoms with Gasteiger partial charge in [0.1, 0.15) is 12.2 Å². The standard InChI is InChI=1S/C13H14N2O6/c1-2-21-13(17)10-4-3-9(7-11(10)15(18)19)14-5-6-20-8-12(14)16/h3-4,7H,2,5-6,8H2,1H3. The molecule has 1 aromatic carbocycles. The lowest BCUT2D eigenvalue weighted by atomic mass is 10.1. The van der Waals surface area contributed by atoms with E-state index in [1.54, 1.807) is 6.92 Å². The number of nitro groups is 1. The molecule has 1 fully saturated rings. The molecule has 21 heavy (non-hydrogen) atoms. The number of anilines is 1. The van der Waals surface area contributed by atoms with E-state index in [4.69, 9.17) is 9.47 Å². The number of nitrogens with zero attached hydrogens (tertiary/aromatic N) is 2. The van der Waals surface area contributed by atoms with E-state index in [0.29, 0.717) is 18.8 Å². The Morgan fingerprint density at radius 3 is 2.90 bits per heavy atom. The van der Waals surface area contributed by atoms with Gasteiger partial charge in [-0.2, -0.15) is 0 Å². The number of rotatable bonds is 4. The summed E-state index contributed by atoms with van der Waals surface area (Å²) in [6.07, 6.45) is 0. The molecule has 8 nitrogen and oxygen atoms in total. The molecule has 0 spiro atoms. The first-order chi connectivity index (χ1) is 10.0. The van der Waals surface area contributed by atoms with Gasteiger partial charge in [0.2, 0.25) is 0 Å². The van der Waals surface area contributed by atoms with Gasteiger partial charge in [0.25, 0.3) is 11.6 Å². The molecule has 8 heteroatoms. The van der Waals surface area contributed by atoms with Gasteiger partial charge in [0.15, 0.2) is 0 Å². The summed E-state index contributed by atoms with van der Waals surface area (Å²) >= 11 is 0. The maximum Gasteiger partial charge on any atom is 0.345 e. The van der Waals surface area contributed by atoms with E-state index in [0.717, 1.165) is 0 Å². The summed E-state index contributed by atoms with van der Waals surface area (Å²) in [5, 5.41) is 11.1. The third kappa shape index (κ3) is 3.16. The minimum Gasteiger partial charge on any atom is -0.462 e.